The van der Waals surface area contributed by atoms with Gasteiger partial charge in [-0.1, -0.05) is 43.5 Å². The fraction of sp³-hybridized carbons (Fsp3) is 0.100. The normalized spacial score (nSPS) is 10.5. The Morgan fingerprint density at radius 1 is 0.694 bits per heavy atom. The average molecular weight is 483 g/mol. The molecule has 6 heteroatoms. The number of benzene rings is 3. The van der Waals surface area contributed by atoms with Crippen molar-refractivity contribution in [3.8, 4) is 28.4 Å². The molecule has 0 aliphatic rings. The number of aryl methyl sites for hydroxylation is 1. The van der Waals surface area contributed by atoms with Gasteiger partial charge in [-0.05, 0) is 85.5 Å². The SMILES string of the molecule is C=C(C)C(=O)Oc1ccc(/C=C/C(=O)Oc2ccc(-c3ccc(OC(=O)C(=C)C)cc3)c(C)c2)cc1. The van der Waals surface area contributed by atoms with Crippen LogP contribution in [0, 0.1) is 6.92 Å². The number of ether oxygens (including phenoxy) is 3. The number of esters is 3. The van der Waals surface area contributed by atoms with E-state index in [1.165, 1.54) is 6.08 Å². The highest BCUT2D eigenvalue weighted by Crippen LogP contribution is 2.28. The molecule has 0 saturated carbocycles. The molecule has 6 nitrogen and oxygen atoms in total. The Balaban J connectivity index is 1.61. The minimum absolute atomic E-state index is 0.310. The van der Waals surface area contributed by atoms with E-state index in [2.05, 4.69) is 13.2 Å². The van der Waals surface area contributed by atoms with Crippen LogP contribution >= 0.6 is 0 Å². The Hall–Kier alpha value is -4.71. The molecule has 3 aromatic carbocycles. The van der Waals surface area contributed by atoms with E-state index in [1.54, 1.807) is 68.5 Å². The predicted octanol–water partition coefficient (Wildman–Crippen LogP) is 6.24. The number of carbonyl (C=O) groups is 3. The average Bonchev–Trinajstić information content (AvgIpc) is 2.84. The summed E-state index contributed by atoms with van der Waals surface area (Å²) in [4.78, 5) is 35.5. The Bertz CT molecular complexity index is 1350. The van der Waals surface area contributed by atoms with Crippen LogP contribution < -0.4 is 14.2 Å². The summed E-state index contributed by atoms with van der Waals surface area (Å²) in [5.74, 6) is -0.252. The first-order valence-electron chi connectivity index (χ1n) is 11.1. The highest BCUT2D eigenvalue weighted by Gasteiger charge is 2.09. The lowest BCUT2D eigenvalue weighted by Gasteiger charge is -2.10. The molecule has 36 heavy (non-hydrogen) atoms. The van der Waals surface area contributed by atoms with Gasteiger partial charge in [0.2, 0.25) is 0 Å². The molecule has 0 aliphatic heterocycles. The Labute approximate surface area is 210 Å². The fourth-order valence-electron chi connectivity index (χ4n) is 3.08. The van der Waals surface area contributed by atoms with Crippen LogP contribution in [-0.2, 0) is 14.4 Å². The van der Waals surface area contributed by atoms with Gasteiger partial charge in [-0.15, -0.1) is 0 Å². The first kappa shape index (κ1) is 25.9. The van der Waals surface area contributed by atoms with Gasteiger partial charge in [0.25, 0.3) is 0 Å². The zero-order valence-corrected chi connectivity index (χ0v) is 20.4. The summed E-state index contributed by atoms with van der Waals surface area (Å²) in [6, 6.07) is 19.2. The van der Waals surface area contributed by atoms with Crippen LogP contribution in [0.2, 0.25) is 0 Å². The van der Waals surface area contributed by atoms with Crippen molar-refractivity contribution in [2.24, 2.45) is 0 Å². The summed E-state index contributed by atoms with van der Waals surface area (Å²) in [5, 5.41) is 0. The van der Waals surface area contributed by atoms with Crippen LogP contribution in [0.25, 0.3) is 17.2 Å². The van der Waals surface area contributed by atoms with Crippen LogP contribution in [0.15, 0.2) is 97.1 Å². The first-order valence-corrected chi connectivity index (χ1v) is 11.1. The third-order valence-electron chi connectivity index (χ3n) is 4.99. The molecule has 0 unspecified atom stereocenters. The predicted molar refractivity (Wildman–Crippen MR) is 139 cm³/mol. The van der Waals surface area contributed by atoms with Crippen molar-refractivity contribution in [2.45, 2.75) is 20.8 Å². The maximum absolute atomic E-state index is 12.3. The van der Waals surface area contributed by atoms with E-state index in [4.69, 9.17) is 14.2 Å². The third kappa shape index (κ3) is 7.14. The maximum Gasteiger partial charge on any atom is 0.338 e. The van der Waals surface area contributed by atoms with Gasteiger partial charge in [0.15, 0.2) is 0 Å². The summed E-state index contributed by atoms with van der Waals surface area (Å²) in [5.41, 5.74) is 4.18. The van der Waals surface area contributed by atoms with Gasteiger partial charge in [0.05, 0.1) is 0 Å². The first-order chi connectivity index (χ1) is 17.1. The number of carbonyl (C=O) groups excluding carboxylic acids is 3. The number of hydrogen-bond acceptors (Lipinski definition) is 6. The van der Waals surface area contributed by atoms with E-state index >= 15 is 0 Å². The zero-order chi connectivity index (χ0) is 26.2. The van der Waals surface area contributed by atoms with Crippen molar-refractivity contribution in [2.75, 3.05) is 0 Å². The lowest BCUT2D eigenvalue weighted by molar-refractivity contribution is -0.130. The van der Waals surface area contributed by atoms with E-state index in [-0.39, 0.29) is 0 Å². The van der Waals surface area contributed by atoms with E-state index in [0.717, 1.165) is 22.3 Å². The van der Waals surface area contributed by atoms with Crippen LogP contribution in [0.4, 0.5) is 0 Å². The number of rotatable bonds is 8. The van der Waals surface area contributed by atoms with Crippen molar-refractivity contribution < 1.29 is 28.6 Å². The smallest absolute Gasteiger partial charge is 0.338 e. The van der Waals surface area contributed by atoms with Gasteiger partial charge in [0, 0.05) is 17.2 Å². The van der Waals surface area contributed by atoms with Crippen LogP contribution in [-0.4, -0.2) is 17.9 Å². The van der Waals surface area contributed by atoms with Gasteiger partial charge in [-0.3, -0.25) is 0 Å². The summed E-state index contributed by atoms with van der Waals surface area (Å²) >= 11 is 0. The van der Waals surface area contributed by atoms with E-state index in [0.29, 0.717) is 28.4 Å². The summed E-state index contributed by atoms with van der Waals surface area (Å²) < 4.78 is 15.8. The second-order valence-electron chi connectivity index (χ2n) is 8.16. The van der Waals surface area contributed by atoms with Crippen molar-refractivity contribution in [1.29, 1.82) is 0 Å². The van der Waals surface area contributed by atoms with Gasteiger partial charge in [-0.25, -0.2) is 14.4 Å². The fourth-order valence-corrected chi connectivity index (χ4v) is 3.08. The van der Waals surface area contributed by atoms with Gasteiger partial charge in [0.1, 0.15) is 17.2 Å². The molecular weight excluding hydrogens is 456 g/mol. The second kappa shape index (κ2) is 11.6. The van der Waals surface area contributed by atoms with Gasteiger partial charge >= 0.3 is 17.9 Å². The molecule has 0 amide bonds. The standard InChI is InChI=1S/C30H26O6/c1-19(2)29(32)35-24-11-6-22(7-12-24)8-17-28(31)34-26-15-16-27(21(5)18-26)23-9-13-25(14-10-23)36-30(33)20(3)4/h6-18H,1,3H2,2,4-5H3/b17-8+. The molecule has 0 radical (unpaired) electrons. The van der Waals surface area contributed by atoms with Crippen molar-refractivity contribution in [3.63, 3.8) is 0 Å². The minimum Gasteiger partial charge on any atom is -0.423 e. The molecule has 0 aromatic heterocycles. The molecule has 0 bridgehead atoms. The summed E-state index contributed by atoms with van der Waals surface area (Å²) in [6.45, 7) is 12.2. The van der Waals surface area contributed by atoms with E-state index in [1.807, 2.05) is 25.1 Å². The summed E-state index contributed by atoms with van der Waals surface area (Å²) in [7, 11) is 0. The minimum atomic E-state index is -0.524. The van der Waals surface area contributed by atoms with Crippen LogP contribution in [0.5, 0.6) is 17.2 Å². The Kier molecular flexibility index (Phi) is 8.36. The number of hydrogen-bond donors (Lipinski definition) is 0. The maximum atomic E-state index is 12.3. The topological polar surface area (TPSA) is 78.9 Å². The van der Waals surface area contributed by atoms with Crippen molar-refractivity contribution in [1.82, 2.24) is 0 Å². The molecule has 0 fully saturated rings. The van der Waals surface area contributed by atoms with E-state index in [9.17, 15) is 14.4 Å². The molecule has 3 aromatic rings. The van der Waals surface area contributed by atoms with Crippen molar-refractivity contribution >= 4 is 24.0 Å². The molecule has 0 aliphatic carbocycles. The Morgan fingerprint density at radius 2 is 1.19 bits per heavy atom. The molecule has 0 saturated heterocycles. The lowest BCUT2D eigenvalue weighted by Crippen LogP contribution is -2.07. The quantitative estimate of drug-likeness (QED) is 0.215. The summed E-state index contributed by atoms with van der Waals surface area (Å²) in [6.07, 6.45) is 2.93. The zero-order valence-electron chi connectivity index (χ0n) is 20.4. The highest BCUT2D eigenvalue weighted by molar-refractivity contribution is 5.90. The van der Waals surface area contributed by atoms with Crippen LogP contribution in [0.1, 0.15) is 25.0 Å². The molecule has 0 heterocycles. The monoisotopic (exact) mass is 482 g/mol. The van der Waals surface area contributed by atoms with Crippen LogP contribution in [0.3, 0.4) is 0 Å². The molecule has 0 atom stereocenters. The van der Waals surface area contributed by atoms with Gasteiger partial charge in [-0.2, -0.15) is 0 Å². The highest BCUT2D eigenvalue weighted by atomic mass is 16.5. The van der Waals surface area contributed by atoms with Crippen molar-refractivity contribution in [3.05, 3.63) is 108 Å². The molecule has 3 rings (SSSR count). The van der Waals surface area contributed by atoms with E-state index < -0.39 is 17.9 Å². The van der Waals surface area contributed by atoms with Gasteiger partial charge < -0.3 is 14.2 Å². The largest absolute Gasteiger partial charge is 0.423 e. The third-order valence-corrected chi connectivity index (χ3v) is 4.99. The molecule has 0 N–H and O–H groups in total. The second-order valence-corrected chi connectivity index (χ2v) is 8.16. The molecular formula is C30H26O6. The molecule has 0 spiro atoms. The Morgan fingerprint density at radius 3 is 1.69 bits per heavy atom. The molecule has 182 valence electrons. The lowest BCUT2D eigenvalue weighted by atomic mass is 10.0.